The van der Waals surface area contributed by atoms with E-state index >= 15 is 0 Å². The van der Waals surface area contributed by atoms with E-state index in [1.807, 2.05) is 12.1 Å². The number of alkyl halides is 3. The Kier molecular flexibility index (Phi) is 8.59. The van der Waals surface area contributed by atoms with Gasteiger partial charge in [-0.3, -0.25) is 0 Å². The van der Waals surface area contributed by atoms with E-state index in [2.05, 4.69) is 60.8 Å². The van der Waals surface area contributed by atoms with Crippen molar-refractivity contribution in [2.75, 3.05) is 13.2 Å². The standard InChI is InChI=1S/C13H15Br3NO2PS/c1-2-3-8-18-20(21,19-10-13(14,15)16)12-6-4-11(9-17)5-7-12/h4-7H,2-3,8,10H2,1H3. The van der Waals surface area contributed by atoms with Crippen molar-refractivity contribution in [1.82, 2.24) is 0 Å². The SMILES string of the molecule is CCCCOP(=S)(OCC(Br)(Br)Br)c1ccc(C#N)cc1. The third-order valence-corrected chi connectivity index (χ3v) is 6.34. The lowest BCUT2D eigenvalue weighted by Gasteiger charge is -2.25. The first-order valence-corrected chi connectivity index (χ1v) is 11.3. The van der Waals surface area contributed by atoms with E-state index in [0.717, 1.165) is 18.1 Å². The van der Waals surface area contributed by atoms with Gasteiger partial charge in [0.1, 0.15) is 0 Å². The van der Waals surface area contributed by atoms with Crippen molar-refractivity contribution >= 4 is 71.4 Å². The average Bonchev–Trinajstić information content (AvgIpc) is 2.45. The van der Waals surface area contributed by atoms with E-state index in [4.69, 9.17) is 26.1 Å². The Labute approximate surface area is 156 Å². The molecule has 8 heteroatoms. The quantitative estimate of drug-likeness (QED) is 0.283. The number of rotatable bonds is 7. The number of unbranched alkanes of at least 4 members (excludes halogenated alkanes) is 1. The maximum atomic E-state index is 8.87. The van der Waals surface area contributed by atoms with E-state index < -0.39 is 8.63 Å². The molecule has 0 aromatic heterocycles. The molecule has 1 aromatic carbocycles. The van der Waals surface area contributed by atoms with Crippen LogP contribution in [0.4, 0.5) is 0 Å². The minimum Gasteiger partial charge on any atom is -0.326 e. The molecule has 0 aliphatic rings. The van der Waals surface area contributed by atoms with Crippen molar-refractivity contribution in [1.29, 1.82) is 5.26 Å². The van der Waals surface area contributed by atoms with Crippen molar-refractivity contribution in [3.8, 4) is 6.07 Å². The molecule has 3 nitrogen and oxygen atoms in total. The molecule has 0 heterocycles. The number of hydrogen-bond donors (Lipinski definition) is 0. The Morgan fingerprint density at radius 2 is 1.86 bits per heavy atom. The lowest BCUT2D eigenvalue weighted by atomic mass is 10.2. The van der Waals surface area contributed by atoms with Gasteiger partial charge < -0.3 is 9.05 Å². The van der Waals surface area contributed by atoms with Gasteiger partial charge in [-0.05, 0) is 42.5 Å². The van der Waals surface area contributed by atoms with Gasteiger partial charge in [0.25, 0.3) is 0 Å². The molecule has 1 unspecified atom stereocenters. The summed E-state index contributed by atoms with van der Waals surface area (Å²) < 4.78 is 11.2. The molecule has 0 N–H and O–H groups in total. The van der Waals surface area contributed by atoms with Crippen LogP contribution >= 0.6 is 54.3 Å². The molecule has 0 aliphatic heterocycles. The number of benzene rings is 1. The predicted octanol–water partition coefficient (Wildman–Crippen LogP) is 5.16. The minimum atomic E-state index is -2.59. The van der Waals surface area contributed by atoms with Gasteiger partial charge >= 0.3 is 0 Å². The number of nitrogens with zero attached hydrogens (tertiary/aromatic N) is 1. The zero-order valence-corrected chi connectivity index (χ0v) is 17.9. The fourth-order valence-corrected chi connectivity index (χ4v) is 4.63. The van der Waals surface area contributed by atoms with E-state index in [0.29, 0.717) is 18.8 Å². The van der Waals surface area contributed by atoms with Gasteiger partial charge in [-0.25, -0.2) is 0 Å². The summed E-state index contributed by atoms with van der Waals surface area (Å²) in [7, 11) is 0. The molecule has 0 bridgehead atoms. The second-order valence-electron chi connectivity index (χ2n) is 4.23. The van der Waals surface area contributed by atoms with Crippen LogP contribution in [0.2, 0.25) is 0 Å². The molecule has 0 radical (unpaired) electrons. The van der Waals surface area contributed by atoms with Crippen molar-refractivity contribution in [3.05, 3.63) is 29.8 Å². The lowest BCUT2D eigenvalue weighted by Crippen LogP contribution is -2.16. The first-order valence-electron chi connectivity index (χ1n) is 6.27. The summed E-state index contributed by atoms with van der Waals surface area (Å²) in [4.78, 5) is 0. The van der Waals surface area contributed by atoms with Crippen molar-refractivity contribution in [2.45, 2.75) is 21.9 Å². The fraction of sp³-hybridized carbons (Fsp3) is 0.462. The van der Waals surface area contributed by atoms with Crippen LogP contribution < -0.4 is 5.30 Å². The summed E-state index contributed by atoms with van der Waals surface area (Å²) >= 11 is 15.8. The number of halogens is 3. The monoisotopic (exact) mass is 517 g/mol. The fourth-order valence-electron chi connectivity index (χ4n) is 1.39. The maximum absolute atomic E-state index is 8.87. The zero-order chi connectivity index (χ0) is 15.9. The largest absolute Gasteiger partial charge is 0.326 e. The molecule has 0 fully saturated rings. The van der Waals surface area contributed by atoms with E-state index in [9.17, 15) is 0 Å². The van der Waals surface area contributed by atoms with Crippen molar-refractivity contribution < 1.29 is 9.05 Å². The molecule has 0 saturated heterocycles. The second-order valence-corrected chi connectivity index (χ2v) is 15.0. The molecule has 1 atom stereocenters. The molecule has 0 aliphatic carbocycles. The number of hydrogen-bond acceptors (Lipinski definition) is 4. The van der Waals surface area contributed by atoms with Crippen LogP contribution in [0.15, 0.2) is 24.3 Å². The lowest BCUT2D eigenvalue weighted by molar-refractivity contribution is 0.258. The molecule has 21 heavy (non-hydrogen) atoms. The van der Waals surface area contributed by atoms with Crippen molar-refractivity contribution in [3.63, 3.8) is 0 Å². The molecular formula is C13H15Br3NO2PS. The van der Waals surface area contributed by atoms with Crippen LogP contribution in [0.25, 0.3) is 0 Å². The van der Waals surface area contributed by atoms with Crippen LogP contribution in [0.3, 0.4) is 0 Å². The Morgan fingerprint density at radius 3 is 2.33 bits per heavy atom. The Morgan fingerprint density at radius 1 is 1.24 bits per heavy atom. The smallest absolute Gasteiger partial charge is 0.219 e. The van der Waals surface area contributed by atoms with Crippen molar-refractivity contribution in [2.24, 2.45) is 0 Å². The highest BCUT2D eigenvalue weighted by molar-refractivity contribution is 9.39. The van der Waals surface area contributed by atoms with Crippen LogP contribution in [0, 0.1) is 11.3 Å². The van der Waals surface area contributed by atoms with E-state index in [1.54, 1.807) is 12.1 Å². The normalized spacial score (nSPS) is 14.4. The van der Waals surface area contributed by atoms with Gasteiger partial charge in [0.2, 0.25) is 6.49 Å². The highest BCUT2D eigenvalue weighted by Gasteiger charge is 2.27. The van der Waals surface area contributed by atoms with E-state index in [-0.39, 0.29) is 0 Å². The molecule has 116 valence electrons. The highest BCUT2D eigenvalue weighted by Crippen LogP contribution is 2.50. The van der Waals surface area contributed by atoms with Crippen LogP contribution in [-0.4, -0.2) is 15.4 Å². The summed E-state index contributed by atoms with van der Waals surface area (Å²) in [5.74, 6) is 0. The van der Waals surface area contributed by atoms with Gasteiger partial charge in [0.15, 0.2) is 2.14 Å². The third-order valence-electron chi connectivity index (χ3n) is 2.47. The zero-order valence-electron chi connectivity index (χ0n) is 11.4. The average molecular weight is 520 g/mol. The van der Waals surface area contributed by atoms with Crippen LogP contribution in [-0.2, 0) is 20.9 Å². The van der Waals surface area contributed by atoms with Gasteiger partial charge in [0, 0.05) is 5.30 Å². The summed E-state index contributed by atoms with van der Waals surface area (Å²) in [5.41, 5.74) is 0.588. The molecule has 0 saturated carbocycles. The Balaban J connectivity index is 2.93. The Hall–Kier alpha value is 0.720. The second kappa shape index (κ2) is 9.12. The first-order chi connectivity index (χ1) is 9.80. The molecular weight excluding hydrogens is 505 g/mol. The summed E-state index contributed by atoms with van der Waals surface area (Å²) in [6.45, 7) is 0.364. The number of nitriles is 1. The molecule has 1 aromatic rings. The van der Waals surface area contributed by atoms with Crippen LogP contribution in [0.1, 0.15) is 25.3 Å². The summed E-state index contributed by atoms with van der Waals surface area (Å²) in [5, 5.41) is 9.68. The molecule has 0 amide bonds. The third kappa shape index (κ3) is 7.22. The molecule has 0 spiro atoms. The first kappa shape index (κ1) is 19.8. The van der Waals surface area contributed by atoms with Gasteiger partial charge in [-0.1, -0.05) is 61.1 Å². The Bertz CT molecular complexity index is 540. The van der Waals surface area contributed by atoms with Crippen LogP contribution in [0.5, 0.6) is 0 Å². The topological polar surface area (TPSA) is 42.2 Å². The summed E-state index contributed by atoms with van der Waals surface area (Å²) in [6.07, 6.45) is 1.96. The van der Waals surface area contributed by atoms with E-state index in [1.165, 1.54) is 0 Å². The van der Waals surface area contributed by atoms with Gasteiger partial charge in [-0.15, -0.1) is 0 Å². The summed E-state index contributed by atoms with van der Waals surface area (Å²) in [6, 6.07) is 9.16. The highest BCUT2D eigenvalue weighted by atomic mass is 80.0. The van der Waals surface area contributed by atoms with Gasteiger partial charge in [-0.2, -0.15) is 5.26 Å². The van der Waals surface area contributed by atoms with Gasteiger partial charge in [0.05, 0.1) is 24.8 Å². The molecule has 1 rings (SSSR count). The predicted molar refractivity (Wildman–Crippen MR) is 101 cm³/mol. The maximum Gasteiger partial charge on any atom is 0.219 e. The minimum absolute atomic E-state index is 0.302.